The summed E-state index contributed by atoms with van der Waals surface area (Å²) < 4.78 is 13.2. The predicted octanol–water partition coefficient (Wildman–Crippen LogP) is 1.43. The first-order valence-corrected chi connectivity index (χ1v) is 6.02. The van der Waals surface area contributed by atoms with Crippen molar-refractivity contribution in [3.63, 3.8) is 0 Å². The first-order chi connectivity index (χ1) is 8.18. The lowest BCUT2D eigenvalue weighted by Crippen LogP contribution is -2.32. The number of amides is 1. The summed E-state index contributed by atoms with van der Waals surface area (Å²) in [7, 11) is 0. The Hall–Kier alpha value is -1.13. The summed E-state index contributed by atoms with van der Waals surface area (Å²) in [5.74, 6) is 0.225. The fourth-order valence-electron chi connectivity index (χ4n) is 2.54. The maximum absolute atomic E-state index is 13.2. The molecule has 0 spiro atoms. The molecule has 1 aromatic rings. The molecular formula is C12H12ClFN2O. The van der Waals surface area contributed by atoms with Crippen molar-refractivity contribution in [2.24, 2.45) is 11.8 Å². The summed E-state index contributed by atoms with van der Waals surface area (Å²) >= 11 is 5.76. The minimum Gasteiger partial charge on any atom is -0.349 e. The van der Waals surface area contributed by atoms with Crippen molar-refractivity contribution in [1.29, 1.82) is 0 Å². The van der Waals surface area contributed by atoms with Crippen LogP contribution in [0.1, 0.15) is 10.4 Å². The van der Waals surface area contributed by atoms with Gasteiger partial charge >= 0.3 is 0 Å². The van der Waals surface area contributed by atoms with E-state index in [0.717, 1.165) is 13.1 Å². The van der Waals surface area contributed by atoms with Crippen LogP contribution in [-0.2, 0) is 0 Å². The number of piperidine rings is 1. The molecule has 2 atom stereocenters. The first kappa shape index (κ1) is 11.0. The van der Waals surface area contributed by atoms with Crippen molar-refractivity contribution < 1.29 is 9.18 Å². The number of carbonyl (C=O) groups excluding carboxylic acids is 1. The molecule has 2 fully saturated rings. The highest BCUT2D eigenvalue weighted by Crippen LogP contribution is 2.41. The number of hydrogen-bond acceptors (Lipinski definition) is 2. The van der Waals surface area contributed by atoms with Crippen molar-refractivity contribution in [2.75, 3.05) is 13.1 Å². The summed E-state index contributed by atoms with van der Waals surface area (Å²) in [5, 5.41) is 6.06. The van der Waals surface area contributed by atoms with Gasteiger partial charge in [0.25, 0.3) is 5.91 Å². The highest BCUT2D eigenvalue weighted by atomic mass is 35.5. The normalized spacial score (nSPS) is 29.9. The predicted molar refractivity (Wildman–Crippen MR) is 62.5 cm³/mol. The van der Waals surface area contributed by atoms with Crippen molar-refractivity contribution in [3.8, 4) is 0 Å². The van der Waals surface area contributed by atoms with E-state index in [1.807, 2.05) is 0 Å². The molecule has 1 aromatic carbocycles. The second kappa shape index (κ2) is 3.96. The van der Waals surface area contributed by atoms with Crippen LogP contribution in [0.4, 0.5) is 4.39 Å². The molecule has 2 unspecified atom stereocenters. The Balaban J connectivity index is 1.72. The molecule has 1 heterocycles. The average Bonchev–Trinajstić information content (AvgIpc) is 2.76. The van der Waals surface area contributed by atoms with Crippen molar-refractivity contribution in [1.82, 2.24) is 10.6 Å². The van der Waals surface area contributed by atoms with Crippen molar-refractivity contribution >= 4 is 17.5 Å². The summed E-state index contributed by atoms with van der Waals surface area (Å²) in [5.41, 5.74) is 0.213. The van der Waals surface area contributed by atoms with Gasteiger partial charge in [-0.3, -0.25) is 4.79 Å². The van der Waals surface area contributed by atoms with E-state index in [4.69, 9.17) is 11.6 Å². The second-order valence-corrected chi connectivity index (χ2v) is 4.96. The minimum atomic E-state index is -0.558. The smallest absolute Gasteiger partial charge is 0.253 e. The fraction of sp³-hybridized carbons (Fsp3) is 0.417. The summed E-state index contributed by atoms with van der Waals surface area (Å²) in [6, 6.07) is 4.50. The summed E-state index contributed by atoms with van der Waals surface area (Å²) in [6.07, 6.45) is 0. The lowest BCUT2D eigenvalue weighted by Gasteiger charge is -2.09. The molecule has 0 bridgehead atoms. The van der Waals surface area contributed by atoms with Crippen LogP contribution in [0.3, 0.4) is 0 Å². The summed E-state index contributed by atoms with van der Waals surface area (Å²) in [4.78, 5) is 11.9. The molecule has 1 aliphatic heterocycles. The van der Waals surface area contributed by atoms with Gasteiger partial charge in [0.2, 0.25) is 0 Å². The number of nitrogens with one attached hydrogen (secondary N) is 2. The Morgan fingerprint density at radius 2 is 2.12 bits per heavy atom. The Morgan fingerprint density at radius 1 is 1.41 bits per heavy atom. The summed E-state index contributed by atoms with van der Waals surface area (Å²) in [6.45, 7) is 1.90. The van der Waals surface area contributed by atoms with Crippen LogP contribution >= 0.6 is 11.6 Å². The third kappa shape index (κ3) is 1.81. The van der Waals surface area contributed by atoms with E-state index in [1.165, 1.54) is 18.2 Å². The molecule has 17 heavy (non-hydrogen) atoms. The van der Waals surface area contributed by atoms with E-state index in [1.54, 1.807) is 0 Å². The minimum absolute atomic E-state index is 0.103. The molecule has 1 saturated heterocycles. The molecule has 1 aliphatic carbocycles. The van der Waals surface area contributed by atoms with E-state index < -0.39 is 5.82 Å². The molecule has 2 N–H and O–H groups in total. The topological polar surface area (TPSA) is 41.1 Å². The van der Waals surface area contributed by atoms with E-state index in [-0.39, 0.29) is 22.5 Å². The van der Waals surface area contributed by atoms with Gasteiger partial charge in [0.15, 0.2) is 0 Å². The zero-order valence-corrected chi connectivity index (χ0v) is 9.80. The number of hydrogen-bond donors (Lipinski definition) is 2. The van der Waals surface area contributed by atoms with Gasteiger partial charge in [-0.05, 0) is 24.0 Å². The van der Waals surface area contributed by atoms with Crippen LogP contribution < -0.4 is 10.6 Å². The van der Waals surface area contributed by atoms with Crippen LogP contribution in [0.25, 0.3) is 0 Å². The Morgan fingerprint density at radius 3 is 2.82 bits per heavy atom. The Kier molecular flexibility index (Phi) is 2.56. The number of carbonyl (C=O) groups is 1. The first-order valence-electron chi connectivity index (χ1n) is 5.64. The lowest BCUT2D eigenvalue weighted by atomic mass is 10.2. The van der Waals surface area contributed by atoms with Crippen LogP contribution in [0.5, 0.6) is 0 Å². The van der Waals surface area contributed by atoms with Crippen LogP contribution in [-0.4, -0.2) is 25.0 Å². The Bertz CT molecular complexity index is 470. The van der Waals surface area contributed by atoms with Gasteiger partial charge in [0, 0.05) is 19.1 Å². The van der Waals surface area contributed by atoms with E-state index in [9.17, 15) is 9.18 Å². The van der Waals surface area contributed by atoms with Crippen molar-refractivity contribution in [2.45, 2.75) is 6.04 Å². The van der Waals surface area contributed by atoms with E-state index >= 15 is 0 Å². The average molecular weight is 255 g/mol. The van der Waals surface area contributed by atoms with Gasteiger partial charge in [0.05, 0.1) is 10.6 Å². The van der Waals surface area contributed by atoms with Crippen LogP contribution in [0, 0.1) is 17.7 Å². The maximum atomic E-state index is 13.2. The number of benzene rings is 1. The molecule has 3 rings (SSSR count). The highest BCUT2D eigenvalue weighted by Gasteiger charge is 2.53. The number of rotatable bonds is 2. The van der Waals surface area contributed by atoms with Gasteiger partial charge in [-0.15, -0.1) is 0 Å². The maximum Gasteiger partial charge on any atom is 0.253 e. The quantitative estimate of drug-likeness (QED) is 0.838. The molecule has 0 aromatic heterocycles. The molecule has 3 nitrogen and oxygen atoms in total. The molecular weight excluding hydrogens is 243 g/mol. The SMILES string of the molecule is O=C(NC1C2CNCC21)c1cccc(F)c1Cl. The molecule has 2 aliphatic rings. The van der Waals surface area contributed by atoms with Gasteiger partial charge in [-0.1, -0.05) is 17.7 Å². The third-order valence-electron chi connectivity index (χ3n) is 3.59. The van der Waals surface area contributed by atoms with Gasteiger partial charge < -0.3 is 10.6 Å². The fourth-order valence-corrected chi connectivity index (χ4v) is 2.75. The Labute approximate surface area is 103 Å². The number of halogens is 2. The van der Waals surface area contributed by atoms with Gasteiger partial charge in [-0.2, -0.15) is 0 Å². The van der Waals surface area contributed by atoms with E-state index in [2.05, 4.69) is 10.6 Å². The highest BCUT2D eigenvalue weighted by molar-refractivity contribution is 6.34. The van der Waals surface area contributed by atoms with E-state index in [0.29, 0.717) is 11.8 Å². The monoisotopic (exact) mass is 254 g/mol. The third-order valence-corrected chi connectivity index (χ3v) is 3.97. The standard InChI is InChI=1S/C12H12ClFN2O/c13-10-6(2-1-3-9(10)14)12(17)16-11-7-4-15-5-8(7)11/h1-3,7-8,11,15H,4-5H2,(H,16,17). The molecule has 5 heteroatoms. The number of fused-ring (bicyclic) bond motifs is 1. The zero-order chi connectivity index (χ0) is 12.0. The van der Waals surface area contributed by atoms with Gasteiger partial charge in [-0.25, -0.2) is 4.39 Å². The lowest BCUT2D eigenvalue weighted by molar-refractivity contribution is 0.0946. The van der Waals surface area contributed by atoms with Crippen LogP contribution in [0.15, 0.2) is 18.2 Å². The zero-order valence-electron chi connectivity index (χ0n) is 9.04. The second-order valence-electron chi connectivity index (χ2n) is 4.59. The van der Waals surface area contributed by atoms with Crippen molar-refractivity contribution in [3.05, 3.63) is 34.6 Å². The largest absolute Gasteiger partial charge is 0.349 e. The molecule has 1 saturated carbocycles. The molecule has 0 radical (unpaired) electrons. The molecule has 90 valence electrons. The van der Waals surface area contributed by atoms with Gasteiger partial charge in [0.1, 0.15) is 5.82 Å². The molecule has 1 amide bonds. The van der Waals surface area contributed by atoms with Crippen LogP contribution in [0.2, 0.25) is 5.02 Å².